The van der Waals surface area contributed by atoms with Crippen LogP contribution in [-0.4, -0.2) is 14.0 Å². The van der Waals surface area contributed by atoms with Crippen LogP contribution < -0.4 is 15.7 Å². The van der Waals surface area contributed by atoms with Crippen molar-refractivity contribution >= 4 is 24.4 Å². The molecule has 0 radical (unpaired) electrons. The molecule has 0 aliphatic rings. The Morgan fingerprint density at radius 2 is 1.23 bits per heavy atom. The molecule has 3 aromatic carbocycles. The van der Waals surface area contributed by atoms with Crippen LogP contribution in [0, 0.1) is 0 Å². The monoisotopic (exact) mass is 359 g/mol. The summed E-state index contributed by atoms with van der Waals surface area (Å²) in [4.78, 5) is 11.9. The molecule has 0 aromatic heterocycles. The van der Waals surface area contributed by atoms with E-state index >= 15 is 0 Å². The second-order valence-corrected chi connectivity index (χ2v) is 11.2. The maximum Gasteiger partial charge on any atom is 0.217 e. The van der Waals surface area contributed by atoms with E-state index in [9.17, 15) is 4.79 Å². The summed E-state index contributed by atoms with van der Waals surface area (Å²) in [7, 11) is -2.03. The van der Waals surface area contributed by atoms with Crippen LogP contribution in [0.1, 0.15) is 18.5 Å². The fraction of sp³-hybridized carbons (Fsp3) is 0.174. The molecule has 1 atom stereocenters. The summed E-state index contributed by atoms with van der Waals surface area (Å²) in [6.45, 7) is 4.00. The van der Waals surface area contributed by atoms with Gasteiger partial charge in [0.05, 0.1) is 6.04 Å². The molecule has 0 aliphatic heterocycles. The van der Waals surface area contributed by atoms with Crippen molar-refractivity contribution in [1.82, 2.24) is 5.32 Å². The Hall–Kier alpha value is -2.65. The highest BCUT2D eigenvalue weighted by molar-refractivity contribution is 7.01. The van der Waals surface area contributed by atoms with Crippen molar-refractivity contribution in [1.29, 1.82) is 0 Å². The van der Waals surface area contributed by atoms with E-state index in [1.807, 2.05) is 18.2 Å². The smallest absolute Gasteiger partial charge is 0.217 e. The van der Waals surface area contributed by atoms with Gasteiger partial charge in [-0.3, -0.25) is 4.79 Å². The molecule has 0 unspecified atom stereocenters. The van der Waals surface area contributed by atoms with E-state index in [2.05, 4.69) is 84.7 Å². The van der Waals surface area contributed by atoms with E-state index in [1.165, 1.54) is 10.4 Å². The van der Waals surface area contributed by atoms with Gasteiger partial charge >= 0.3 is 0 Å². The second kappa shape index (κ2) is 8.15. The molecule has 0 spiro atoms. The average molecular weight is 360 g/mol. The Morgan fingerprint density at radius 1 is 0.808 bits per heavy atom. The zero-order chi connectivity index (χ0) is 18.4. The van der Waals surface area contributed by atoms with E-state index in [-0.39, 0.29) is 11.9 Å². The van der Waals surface area contributed by atoms with E-state index in [4.69, 9.17) is 0 Å². The minimum Gasteiger partial charge on any atom is -0.350 e. The van der Waals surface area contributed by atoms with Crippen molar-refractivity contribution < 1.29 is 4.79 Å². The molecule has 3 rings (SSSR count). The van der Waals surface area contributed by atoms with Gasteiger partial charge in [0.25, 0.3) is 0 Å². The lowest BCUT2D eigenvalue weighted by atomic mass is 10.1. The predicted octanol–water partition coefficient (Wildman–Crippen LogP) is 3.76. The van der Waals surface area contributed by atoms with Gasteiger partial charge in [0.1, 0.15) is 8.07 Å². The summed E-state index contributed by atoms with van der Waals surface area (Å²) in [5.41, 5.74) is 1.16. The highest BCUT2D eigenvalue weighted by Gasteiger charge is 2.35. The minimum absolute atomic E-state index is 0.00535. The average Bonchev–Trinajstić information content (AvgIpc) is 2.69. The SMILES string of the molecule is CC(=O)N[C@@H](C[Si](C)(c1ccccc1)c1ccccc1)c1ccccc1. The predicted molar refractivity (Wildman–Crippen MR) is 112 cm³/mol. The van der Waals surface area contributed by atoms with Gasteiger partial charge in [-0.25, -0.2) is 0 Å². The number of amides is 1. The van der Waals surface area contributed by atoms with E-state index in [1.54, 1.807) is 6.92 Å². The van der Waals surface area contributed by atoms with Crippen LogP contribution in [0.4, 0.5) is 0 Å². The van der Waals surface area contributed by atoms with Crippen molar-refractivity contribution in [3.63, 3.8) is 0 Å². The van der Waals surface area contributed by atoms with Crippen molar-refractivity contribution in [2.24, 2.45) is 0 Å². The van der Waals surface area contributed by atoms with Gasteiger partial charge in [-0.1, -0.05) is 108 Å². The van der Waals surface area contributed by atoms with Crippen LogP contribution >= 0.6 is 0 Å². The Labute approximate surface area is 156 Å². The molecule has 0 saturated carbocycles. The minimum atomic E-state index is -2.03. The highest BCUT2D eigenvalue weighted by Crippen LogP contribution is 2.25. The first-order valence-electron chi connectivity index (χ1n) is 9.03. The molecule has 0 heterocycles. The molecule has 0 aliphatic carbocycles. The summed E-state index contributed by atoms with van der Waals surface area (Å²) in [5.74, 6) is 0.0105. The summed E-state index contributed by atoms with van der Waals surface area (Å²) >= 11 is 0. The van der Waals surface area contributed by atoms with E-state index in [0.717, 1.165) is 11.6 Å². The zero-order valence-electron chi connectivity index (χ0n) is 15.4. The number of carbonyl (C=O) groups is 1. The Morgan fingerprint density at radius 3 is 1.65 bits per heavy atom. The van der Waals surface area contributed by atoms with Crippen molar-refractivity contribution in [3.05, 3.63) is 96.6 Å². The molecule has 0 fully saturated rings. The molecule has 1 N–H and O–H groups in total. The topological polar surface area (TPSA) is 29.1 Å². The Bertz CT molecular complexity index is 794. The molecule has 1 amide bonds. The van der Waals surface area contributed by atoms with Crippen LogP contribution in [0.3, 0.4) is 0 Å². The summed E-state index contributed by atoms with van der Waals surface area (Å²) in [6.07, 6.45) is 0. The molecule has 0 saturated heterocycles. The standard InChI is InChI=1S/C23H25NOSi/c1-19(25)24-23(20-12-6-3-7-13-20)18-26(2,21-14-8-4-9-15-21)22-16-10-5-11-17-22/h3-17,23H,18H2,1-2H3,(H,24,25)/t23-/m0/s1. The summed E-state index contributed by atoms with van der Waals surface area (Å²) < 4.78 is 0. The third-order valence-electron chi connectivity index (χ3n) is 5.01. The maximum absolute atomic E-state index is 11.9. The second-order valence-electron chi connectivity index (χ2n) is 6.93. The van der Waals surface area contributed by atoms with Gasteiger partial charge in [-0.15, -0.1) is 0 Å². The molecule has 2 nitrogen and oxygen atoms in total. The van der Waals surface area contributed by atoms with Crippen molar-refractivity contribution in [2.45, 2.75) is 25.6 Å². The van der Waals surface area contributed by atoms with E-state index in [0.29, 0.717) is 0 Å². The molecule has 3 aromatic rings. The summed E-state index contributed by atoms with van der Waals surface area (Å²) in [5, 5.41) is 5.96. The van der Waals surface area contributed by atoms with Gasteiger partial charge in [0.2, 0.25) is 5.91 Å². The summed E-state index contributed by atoms with van der Waals surface area (Å²) in [6, 6.07) is 32.7. The third kappa shape index (κ3) is 4.11. The third-order valence-corrected chi connectivity index (χ3v) is 9.45. The van der Waals surface area contributed by atoms with Gasteiger partial charge in [-0.05, 0) is 11.6 Å². The van der Waals surface area contributed by atoms with E-state index < -0.39 is 8.07 Å². The molecule has 26 heavy (non-hydrogen) atoms. The van der Waals surface area contributed by atoms with Crippen molar-refractivity contribution in [2.75, 3.05) is 0 Å². The van der Waals surface area contributed by atoms with Crippen LogP contribution in [0.2, 0.25) is 12.6 Å². The maximum atomic E-state index is 11.9. The van der Waals surface area contributed by atoms with Gasteiger partial charge in [0, 0.05) is 6.92 Å². The lowest BCUT2D eigenvalue weighted by Gasteiger charge is -2.33. The lowest BCUT2D eigenvalue weighted by Crippen LogP contribution is -2.57. The first-order chi connectivity index (χ1) is 12.6. The van der Waals surface area contributed by atoms with Crippen LogP contribution in [-0.2, 0) is 4.79 Å². The number of benzene rings is 3. The fourth-order valence-electron chi connectivity index (χ4n) is 3.61. The first kappa shape index (κ1) is 18.1. The normalized spacial score (nSPS) is 12.4. The van der Waals surface area contributed by atoms with Crippen LogP contribution in [0.25, 0.3) is 0 Å². The van der Waals surface area contributed by atoms with Crippen molar-refractivity contribution in [3.8, 4) is 0 Å². The number of rotatable bonds is 6. The molecular weight excluding hydrogens is 334 g/mol. The van der Waals surface area contributed by atoms with Gasteiger partial charge in [-0.2, -0.15) is 0 Å². The molecule has 132 valence electrons. The number of hydrogen-bond acceptors (Lipinski definition) is 1. The van der Waals surface area contributed by atoms with Crippen LogP contribution in [0.5, 0.6) is 0 Å². The first-order valence-corrected chi connectivity index (χ1v) is 11.7. The zero-order valence-corrected chi connectivity index (χ0v) is 16.4. The fourth-order valence-corrected chi connectivity index (χ4v) is 7.42. The largest absolute Gasteiger partial charge is 0.350 e. The number of nitrogens with one attached hydrogen (secondary N) is 1. The quantitative estimate of drug-likeness (QED) is 0.667. The van der Waals surface area contributed by atoms with Crippen LogP contribution in [0.15, 0.2) is 91.0 Å². The molecular formula is C23H25NOSi. The Balaban J connectivity index is 2.05. The van der Waals surface area contributed by atoms with Gasteiger partial charge < -0.3 is 5.32 Å². The number of carbonyl (C=O) groups excluding carboxylic acids is 1. The lowest BCUT2D eigenvalue weighted by molar-refractivity contribution is -0.119. The Kier molecular flexibility index (Phi) is 5.69. The molecule has 3 heteroatoms. The highest BCUT2D eigenvalue weighted by atomic mass is 28.3. The number of hydrogen-bond donors (Lipinski definition) is 1. The molecule has 0 bridgehead atoms. The van der Waals surface area contributed by atoms with Gasteiger partial charge in [0.15, 0.2) is 0 Å².